The summed E-state index contributed by atoms with van der Waals surface area (Å²) in [6.45, 7) is 3.76. The molecule has 28 heavy (non-hydrogen) atoms. The number of carbonyl (C=O) groups excluding carboxylic acids is 1. The maximum Gasteiger partial charge on any atom is 0.268 e. The van der Waals surface area contributed by atoms with Crippen LogP contribution in [0.4, 0.5) is 0 Å². The molecular weight excluding hydrogens is 368 g/mol. The fourth-order valence-electron chi connectivity index (χ4n) is 3.24. The summed E-state index contributed by atoms with van der Waals surface area (Å²) in [5.74, 6) is 0.780. The van der Waals surface area contributed by atoms with Gasteiger partial charge in [0.05, 0.1) is 16.8 Å². The molecule has 0 fully saturated rings. The Morgan fingerprint density at radius 3 is 2.57 bits per heavy atom. The molecule has 0 saturated carbocycles. The Kier molecular flexibility index (Phi) is 5.44. The van der Waals surface area contributed by atoms with Gasteiger partial charge in [-0.15, -0.1) is 11.3 Å². The van der Waals surface area contributed by atoms with Crippen LogP contribution in [0, 0.1) is 0 Å². The topological polar surface area (TPSA) is 43.3 Å². The summed E-state index contributed by atoms with van der Waals surface area (Å²) >= 11 is 1.66. The van der Waals surface area contributed by atoms with Crippen LogP contribution in [-0.4, -0.2) is 17.1 Å². The van der Waals surface area contributed by atoms with E-state index in [0.29, 0.717) is 25.4 Å². The number of hydrogen-bond donors (Lipinski definition) is 1. The Morgan fingerprint density at radius 1 is 1.04 bits per heavy atom. The summed E-state index contributed by atoms with van der Waals surface area (Å²) in [5.41, 5.74) is 4.00. The molecule has 2 heterocycles. The van der Waals surface area contributed by atoms with Crippen molar-refractivity contribution in [2.75, 3.05) is 6.61 Å². The number of fused-ring (bicyclic) bond motifs is 1. The van der Waals surface area contributed by atoms with E-state index in [0.717, 1.165) is 21.5 Å². The second-order valence-electron chi connectivity index (χ2n) is 6.53. The summed E-state index contributed by atoms with van der Waals surface area (Å²) < 4.78 is 8.68. The lowest BCUT2D eigenvalue weighted by Gasteiger charge is -2.11. The molecule has 4 nitrogen and oxygen atoms in total. The monoisotopic (exact) mass is 390 g/mol. The van der Waals surface area contributed by atoms with Crippen LogP contribution in [-0.2, 0) is 13.1 Å². The summed E-state index contributed by atoms with van der Waals surface area (Å²) in [4.78, 5) is 12.9. The molecule has 0 atom stereocenters. The van der Waals surface area contributed by atoms with Gasteiger partial charge in [-0.25, -0.2) is 0 Å². The van der Waals surface area contributed by atoms with Crippen LogP contribution < -0.4 is 10.1 Å². The predicted molar refractivity (Wildman–Crippen MR) is 114 cm³/mol. The highest BCUT2D eigenvalue weighted by Crippen LogP contribution is 2.26. The third-order valence-corrected chi connectivity index (χ3v) is 5.48. The van der Waals surface area contributed by atoms with E-state index in [1.165, 1.54) is 5.56 Å². The lowest BCUT2D eigenvalue weighted by molar-refractivity contribution is 0.0942. The van der Waals surface area contributed by atoms with Crippen LogP contribution in [0.2, 0.25) is 0 Å². The molecule has 0 bridgehead atoms. The minimum Gasteiger partial charge on any atom is -0.494 e. The number of ether oxygens (including phenoxy) is 1. The molecule has 0 radical (unpaired) electrons. The number of nitrogens with zero attached hydrogens (tertiary/aromatic N) is 1. The standard InChI is InChI=1S/C23H22N2O2S/c1-2-27-19-10-8-17(9-11-19)15-24-23(26)21-14-22-20(12-13-28-22)25(21)16-18-6-4-3-5-7-18/h3-14H,2,15-16H2,1H3,(H,24,26). The van der Waals surface area contributed by atoms with Gasteiger partial charge in [0.2, 0.25) is 0 Å². The van der Waals surface area contributed by atoms with E-state index in [4.69, 9.17) is 4.74 Å². The molecule has 142 valence electrons. The van der Waals surface area contributed by atoms with E-state index < -0.39 is 0 Å². The first-order valence-electron chi connectivity index (χ1n) is 9.35. The molecule has 0 aliphatic rings. The third kappa shape index (κ3) is 3.94. The quantitative estimate of drug-likeness (QED) is 0.478. The van der Waals surface area contributed by atoms with E-state index >= 15 is 0 Å². The Labute approximate surface area is 168 Å². The number of nitrogens with one attached hydrogen (secondary N) is 1. The van der Waals surface area contributed by atoms with Crippen LogP contribution in [0.1, 0.15) is 28.5 Å². The average molecular weight is 391 g/mol. The first-order chi connectivity index (χ1) is 13.7. The SMILES string of the molecule is CCOc1ccc(CNC(=O)c2cc3sccc3n2Cc2ccccc2)cc1. The Balaban J connectivity index is 1.52. The number of hydrogen-bond acceptors (Lipinski definition) is 3. The molecule has 4 aromatic rings. The van der Waals surface area contributed by atoms with Crippen molar-refractivity contribution in [3.63, 3.8) is 0 Å². The normalized spacial score (nSPS) is 10.9. The Morgan fingerprint density at radius 2 is 1.82 bits per heavy atom. The Hall–Kier alpha value is -3.05. The number of thiophene rings is 1. The molecule has 1 amide bonds. The van der Waals surface area contributed by atoms with Gasteiger partial charge in [0.1, 0.15) is 11.4 Å². The molecule has 0 unspecified atom stereocenters. The molecule has 0 aliphatic carbocycles. The molecular formula is C23H22N2O2S. The number of rotatable bonds is 7. The highest BCUT2D eigenvalue weighted by molar-refractivity contribution is 7.17. The van der Waals surface area contributed by atoms with Gasteiger partial charge in [0.25, 0.3) is 5.91 Å². The predicted octanol–water partition coefficient (Wildman–Crippen LogP) is 5.08. The van der Waals surface area contributed by atoms with Gasteiger partial charge in [-0.3, -0.25) is 4.79 Å². The first-order valence-corrected chi connectivity index (χ1v) is 10.2. The minimum atomic E-state index is -0.0618. The van der Waals surface area contributed by atoms with E-state index in [2.05, 4.69) is 33.5 Å². The van der Waals surface area contributed by atoms with Crippen LogP contribution >= 0.6 is 11.3 Å². The first kappa shape index (κ1) is 18.3. The van der Waals surface area contributed by atoms with Crippen molar-refractivity contribution >= 4 is 27.5 Å². The van der Waals surface area contributed by atoms with Gasteiger partial charge in [0, 0.05) is 13.1 Å². The third-order valence-electron chi connectivity index (χ3n) is 4.63. The highest BCUT2D eigenvalue weighted by atomic mass is 32.1. The fourth-order valence-corrected chi connectivity index (χ4v) is 4.07. The maximum absolute atomic E-state index is 12.9. The zero-order chi connectivity index (χ0) is 19.3. The molecule has 0 aliphatic heterocycles. The summed E-state index contributed by atoms with van der Waals surface area (Å²) in [5, 5.41) is 5.11. The lowest BCUT2D eigenvalue weighted by atomic mass is 10.2. The van der Waals surface area contributed by atoms with Gasteiger partial charge in [-0.05, 0) is 47.7 Å². The fraction of sp³-hybridized carbons (Fsp3) is 0.174. The molecule has 4 rings (SSSR count). The summed E-state index contributed by atoms with van der Waals surface area (Å²) in [6, 6.07) is 22.1. The number of benzene rings is 2. The van der Waals surface area contributed by atoms with E-state index in [-0.39, 0.29) is 5.91 Å². The largest absolute Gasteiger partial charge is 0.494 e. The van der Waals surface area contributed by atoms with Crippen molar-refractivity contribution < 1.29 is 9.53 Å². The second kappa shape index (κ2) is 8.31. The molecule has 2 aromatic carbocycles. The van der Waals surface area contributed by atoms with Crippen molar-refractivity contribution in [3.8, 4) is 5.75 Å². The van der Waals surface area contributed by atoms with Gasteiger partial charge in [0.15, 0.2) is 0 Å². The summed E-state index contributed by atoms with van der Waals surface area (Å²) in [7, 11) is 0. The number of aromatic nitrogens is 1. The van der Waals surface area contributed by atoms with Crippen LogP contribution in [0.5, 0.6) is 5.75 Å². The van der Waals surface area contributed by atoms with Crippen molar-refractivity contribution in [1.29, 1.82) is 0 Å². The van der Waals surface area contributed by atoms with Crippen LogP contribution in [0.3, 0.4) is 0 Å². The van der Waals surface area contributed by atoms with Crippen molar-refractivity contribution in [3.05, 3.63) is 88.9 Å². The van der Waals surface area contributed by atoms with Gasteiger partial charge in [-0.2, -0.15) is 0 Å². The summed E-state index contributed by atoms with van der Waals surface area (Å²) in [6.07, 6.45) is 0. The van der Waals surface area contributed by atoms with E-state index in [9.17, 15) is 4.79 Å². The van der Waals surface area contributed by atoms with E-state index in [1.807, 2.05) is 55.5 Å². The molecule has 0 spiro atoms. The molecule has 1 N–H and O–H groups in total. The molecule has 2 aromatic heterocycles. The van der Waals surface area contributed by atoms with Gasteiger partial charge >= 0.3 is 0 Å². The van der Waals surface area contributed by atoms with Crippen molar-refractivity contribution in [2.24, 2.45) is 0 Å². The average Bonchev–Trinajstić information content (AvgIpc) is 3.31. The van der Waals surface area contributed by atoms with Crippen LogP contribution in [0.15, 0.2) is 72.1 Å². The number of amides is 1. The number of carbonyl (C=O) groups is 1. The van der Waals surface area contributed by atoms with Crippen LogP contribution in [0.25, 0.3) is 10.2 Å². The smallest absolute Gasteiger partial charge is 0.268 e. The van der Waals surface area contributed by atoms with Crippen molar-refractivity contribution in [1.82, 2.24) is 9.88 Å². The van der Waals surface area contributed by atoms with Gasteiger partial charge in [-0.1, -0.05) is 42.5 Å². The second-order valence-corrected chi connectivity index (χ2v) is 7.48. The zero-order valence-corrected chi connectivity index (χ0v) is 16.5. The zero-order valence-electron chi connectivity index (χ0n) is 15.7. The molecule has 5 heteroatoms. The minimum absolute atomic E-state index is 0.0618. The lowest BCUT2D eigenvalue weighted by Crippen LogP contribution is -2.25. The van der Waals surface area contributed by atoms with Crippen molar-refractivity contribution in [2.45, 2.75) is 20.0 Å². The highest BCUT2D eigenvalue weighted by Gasteiger charge is 2.16. The van der Waals surface area contributed by atoms with Gasteiger partial charge < -0.3 is 14.6 Å². The Bertz CT molecular complexity index is 1070. The molecule has 0 saturated heterocycles. The van der Waals surface area contributed by atoms with E-state index in [1.54, 1.807) is 11.3 Å². The maximum atomic E-state index is 12.9.